The summed E-state index contributed by atoms with van der Waals surface area (Å²) in [5.74, 6) is 0. The van der Waals surface area contributed by atoms with Gasteiger partial charge >= 0.3 is 0 Å². The van der Waals surface area contributed by atoms with Crippen LogP contribution in [0.2, 0.25) is 0 Å². The summed E-state index contributed by atoms with van der Waals surface area (Å²) in [5, 5.41) is 5.46. The summed E-state index contributed by atoms with van der Waals surface area (Å²) in [7, 11) is -3.15. The third kappa shape index (κ3) is 1.55. The highest BCUT2D eigenvalue weighted by atomic mass is 31.2. The molecule has 1 heterocycles. The molecule has 0 aromatic carbocycles. The smallest absolute Gasteiger partial charge is 0.244 e. The molecule has 2 fully saturated rings. The van der Waals surface area contributed by atoms with Crippen molar-refractivity contribution in [2.45, 2.75) is 37.8 Å². The van der Waals surface area contributed by atoms with Crippen molar-refractivity contribution in [1.82, 2.24) is 10.2 Å². The topological polar surface area (TPSA) is 67.3 Å². The second kappa shape index (κ2) is 2.64. The predicted molar refractivity (Wildman–Crippen MR) is 41.5 cm³/mol. The lowest BCUT2D eigenvalue weighted by atomic mass is 9.92. The van der Waals surface area contributed by atoms with Crippen LogP contribution in [0.15, 0.2) is 0 Å². The van der Waals surface area contributed by atoms with E-state index in [1.807, 2.05) is 0 Å². The van der Waals surface area contributed by atoms with Gasteiger partial charge in [0, 0.05) is 0 Å². The van der Waals surface area contributed by atoms with Gasteiger partial charge in [0.05, 0.1) is 12.1 Å². The molecule has 64 valence electrons. The van der Waals surface area contributed by atoms with Crippen molar-refractivity contribution in [1.29, 1.82) is 0 Å². The van der Waals surface area contributed by atoms with Crippen molar-refractivity contribution in [3.05, 3.63) is 0 Å². The lowest BCUT2D eigenvalue weighted by molar-refractivity contribution is -0.193. The van der Waals surface area contributed by atoms with Crippen molar-refractivity contribution in [3.8, 4) is 0 Å². The van der Waals surface area contributed by atoms with Crippen molar-refractivity contribution in [3.63, 3.8) is 0 Å². The van der Waals surface area contributed by atoms with Gasteiger partial charge in [0.1, 0.15) is 0 Å². The van der Waals surface area contributed by atoms with Crippen LogP contribution in [0.1, 0.15) is 25.7 Å². The van der Waals surface area contributed by atoms with E-state index in [9.17, 15) is 4.89 Å². The van der Waals surface area contributed by atoms with E-state index in [1.54, 1.807) is 0 Å². The summed E-state index contributed by atoms with van der Waals surface area (Å²) in [6.07, 6.45) is 4.41. The molecular formula is C6H13N2O2P. The zero-order chi connectivity index (χ0) is 7.90. The molecular weight excluding hydrogens is 163 g/mol. The first kappa shape index (κ1) is 7.90. The van der Waals surface area contributed by atoms with E-state index in [4.69, 9.17) is 4.89 Å². The van der Waals surface area contributed by atoms with E-state index in [1.165, 1.54) is 12.8 Å². The number of hydrogen-bond donors (Lipinski definition) is 3. The minimum Gasteiger partial charge on any atom is -0.626 e. The molecule has 2 atom stereocenters. The monoisotopic (exact) mass is 176 g/mol. The molecule has 5 heteroatoms. The van der Waals surface area contributed by atoms with Crippen molar-refractivity contribution in [2.75, 3.05) is 0 Å². The van der Waals surface area contributed by atoms with E-state index >= 15 is 0 Å². The highest BCUT2D eigenvalue weighted by Crippen LogP contribution is 2.44. The maximum Gasteiger partial charge on any atom is 0.244 e. The third-order valence-electron chi connectivity index (χ3n) is 2.45. The van der Waals surface area contributed by atoms with Gasteiger partial charge in [0.2, 0.25) is 8.02 Å². The van der Waals surface area contributed by atoms with Gasteiger partial charge in [-0.25, -0.2) is 4.89 Å². The van der Waals surface area contributed by atoms with Gasteiger partial charge in [0.25, 0.3) is 0 Å². The van der Waals surface area contributed by atoms with Crippen molar-refractivity contribution < 1.29 is 9.79 Å². The number of fused-ring (bicyclic) bond motifs is 1. The molecule has 1 saturated heterocycles. The Balaban J connectivity index is 2.03. The van der Waals surface area contributed by atoms with Crippen LogP contribution in [0.5, 0.6) is 0 Å². The molecule has 0 radical (unpaired) electrons. The lowest BCUT2D eigenvalue weighted by Crippen LogP contribution is -2.36. The Labute approximate surface area is 66.6 Å². The Hall–Kier alpha value is 0.270. The average Bonchev–Trinajstić information content (AvgIpc) is 2.21. The van der Waals surface area contributed by atoms with Crippen LogP contribution in [-0.4, -0.2) is 17.0 Å². The van der Waals surface area contributed by atoms with Crippen molar-refractivity contribution >= 4 is 8.02 Å². The van der Waals surface area contributed by atoms with E-state index in [2.05, 4.69) is 10.2 Å². The predicted octanol–water partition coefficient (Wildman–Crippen LogP) is -0.479. The van der Waals surface area contributed by atoms with E-state index < -0.39 is 8.02 Å². The van der Waals surface area contributed by atoms with Crippen LogP contribution in [0, 0.1) is 0 Å². The van der Waals surface area contributed by atoms with E-state index in [0.717, 1.165) is 12.8 Å². The van der Waals surface area contributed by atoms with Gasteiger partial charge in [-0.05, 0) is 12.8 Å². The molecule has 1 saturated carbocycles. The summed E-state index contributed by atoms with van der Waals surface area (Å²) in [6, 6.07) is 0.471. The molecule has 0 amide bonds. The van der Waals surface area contributed by atoms with Crippen LogP contribution < -0.4 is 15.1 Å². The minimum absolute atomic E-state index is 0.236. The molecule has 0 aromatic heterocycles. The number of hydrogen-bond acceptors (Lipinski definition) is 4. The maximum atomic E-state index is 11.1. The van der Waals surface area contributed by atoms with Gasteiger partial charge < -0.3 is 4.89 Å². The minimum atomic E-state index is -3.15. The van der Waals surface area contributed by atoms with Crippen LogP contribution in [0.25, 0.3) is 0 Å². The van der Waals surface area contributed by atoms with Gasteiger partial charge in [0.15, 0.2) is 0 Å². The molecule has 2 unspecified atom stereocenters. The quantitative estimate of drug-likeness (QED) is 0.436. The fourth-order valence-electron chi connectivity index (χ4n) is 1.93. The zero-order valence-electron chi connectivity index (χ0n) is 6.29. The van der Waals surface area contributed by atoms with Crippen molar-refractivity contribution in [2.24, 2.45) is 0 Å². The van der Waals surface area contributed by atoms with Gasteiger partial charge in [-0.1, -0.05) is 12.8 Å². The maximum absolute atomic E-state index is 11.1. The molecule has 1 aliphatic heterocycles. The Morgan fingerprint density at radius 3 is 2.09 bits per heavy atom. The average molecular weight is 176 g/mol. The summed E-state index contributed by atoms with van der Waals surface area (Å²) in [6.45, 7) is 0. The molecule has 0 bridgehead atoms. The highest BCUT2D eigenvalue weighted by Gasteiger charge is 2.44. The fourth-order valence-corrected chi connectivity index (χ4v) is 3.52. The van der Waals surface area contributed by atoms with Crippen LogP contribution >= 0.6 is 8.02 Å². The van der Waals surface area contributed by atoms with Gasteiger partial charge in [-0.3, -0.25) is 0 Å². The van der Waals surface area contributed by atoms with E-state index in [-0.39, 0.29) is 12.1 Å². The SMILES string of the molecule is [O-][P+]1(O)NC2CCCCC2N1. The van der Waals surface area contributed by atoms with Gasteiger partial charge in [-0.15, -0.1) is 0 Å². The summed E-state index contributed by atoms with van der Waals surface area (Å²) in [5.41, 5.74) is 0. The van der Waals surface area contributed by atoms with Gasteiger partial charge in [-0.2, -0.15) is 10.2 Å². The normalized spacial score (nSPS) is 50.7. The van der Waals surface area contributed by atoms with Crippen LogP contribution in [0.3, 0.4) is 0 Å². The Morgan fingerprint density at radius 2 is 1.64 bits per heavy atom. The zero-order valence-corrected chi connectivity index (χ0v) is 7.18. The molecule has 0 spiro atoms. The lowest BCUT2D eigenvalue weighted by Gasteiger charge is -2.20. The largest absolute Gasteiger partial charge is 0.626 e. The standard InChI is InChI=1S/C6H13N2O2P/c9-11(10)7-5-3-1-2-4-6(5)8-11/h5-6H,1-4H2,(H3,7,8,9,10). The summed E-state index contributed by atoms with van der Waals surface area (Å²) < 4.78 is 0. The second-order valence-corrected chi connectivity index (χ2v) is 5.00. The summed E-state index contributed by atoms with van der Waals surface area (Å²) in [4.78, 5) is 20.3. The fraction of sp³-hybridized carbons (Fsp3) is 1.00. The molecule has 11 heavy (non-hydrogen) atoms. The highest BCUT2D eigenvalue weighted by molar-refractivity contribution is 7.59. The number of nitrogens with one attached hydrogen (secondary N) is 2. The molecule has 2 rings (SSSR count). The summed E-state index contributed by atoms with van der Waals surface area (Å²) >= 11 is 0. The Morgan fingerprint density at radius 1 is 1.18 bits per heavy atom. The molecule has 2 aliphatic rings. The third-order valence-corrected chi connectivity index (χ3v) is 3.81. The molecule has 4 nitrogen and oxygen atoms in total. The Kier molecular flexibility index (Phi) is 1.90. The number of rotatable bonds is 0. The van der Waals surface area contributed by atoms with E-state index in [0.29, 0.717) is 0 Å². The molecule has 0 aromatic rings. The first-order chi connectivity index (χ1) is 5.17. The Bertz CT molecular complexity index is 149. The first-order valence-corrected chi connectivity index (χ1v) is 5.72. The van der Waals surface area contributed by atoms with Crippen LogP contribution in [-0.2, 0) is 0 Å². The second-order valence-electron chi connectivity index (χ2n) is 3.33. The molecule has 3 N–H and O–H groups in total. The molecule has 1 aliphatic carbocycles. The van der Waals surface area contributed by atoms with Crippen LogP contribution in [0.4, 0.5) is 0 Å². The first-order valence-electron chi connectivity index (χ1n) is 4.06.